The highest BCUT2D eigenvalue weighted by atomic mass is 16.5. The number of nitrogens with zero attached hydrogens (tertiary/aromatic N) is 1. The minimum Gasteiger partial charge on any atom is -0.467 e. The molecule has 1 aliphatic rings. The average Bonchev–Trinajstić information content (AvgIpc) is 3.48. The Labute approximate surface area is 194 Å². The molecule has 1 aromatic heterocycles. The summed E-state index contributed by atoms with van der Waals surface area (Å²) < 4.78 is 11.1. The van der Waals surface area contributed by atoms with Gasteiger partial charge in [0.15, 0.2) is 0 Å². The van der Waals surface area contributed by atoms with Gasteiger partial charge in [-0.3, -0.25) is 0 Å². The van der Waals surface area contributed by atoms with Crippen molar-refractivity contribution in [3.05, 3.63) is 95.2 Å². The third-order valence-electron chi connectivity index (χ3n) is 6.60. The van der Waals surface area contributed by atoms with Gasteiger partial charge in [0.1, 0.15) is 11.8 Å². The number of rotatable bonds is 5. The first kappa shape index (κ1) is 21.1. The van der Waals surface area contributed by atoms with Crippen LogP contribution in [0.3, 0.4) is 0 Å². The van der Waals surface area contributed by atoms with Crippen molar-refractivity contribution in [1.82, 2.24) is 0 Å². The molecule has 0 bridgehead atoms. The van der Waals surface area contributed by atoms with Gasteiger partial charge in [-0.15, -0.1) is 0 Å². The topological polar surface area (TPSA) is 42.7 Å². The summed E-state index contributed by atoms with van der Waals surface area (Å²) >= 11 is 0. The van der Waals surface area contributed by atoms with E-state index < -0.39 is 6.04 Å². The van der Waals surface area contributed by atoms with Crippen LogP contribution in [0.25, 0.3) is 22.5 Å². The number of furan rings is 1. The molecule has 166 valence electrons. The zero-order valence-electron chi connectivity index (χ0n) is 19.4. The Kier molecular flexibility index (Phi) is 5.29. The lowest BCUT2D eigenvalue weighted by atomic mass is 9.95. The maximum atomic E-state index is 13.0. The monoisotopic (exact) mass is 437 g/mol. The summed E-state index contributed by atoms with van der Waals surface area (Å²) in [4.78, 5) is 15.1. The second-order valence-corrected chi connectivity index (χ2v) is 8.61. The van der Waals surface area contributed by atoms with Gasteiger partial charge in [-0.05, 0) is 72.4 Å². The number of carbonyl (C=O) groups is 1. The second kappa shape index (κ2) is 8.28. The van der Waals surface area contributed by atoms with Gasteiger partial charge in [-0.25, -0.2) is 4.79 Å². The van der Waals surface area contributed by atoms with Crippen molar-refractivity contribution >= 4 is 17.3 Å². The van der Waals surface area contributed by atoms with Gasteiger partial charge in [0.05, 0.1) is 19.1 Å². The fourth-order valence-electron chi connectivity index (χ4n) is 5.06. The number of hydrogen-bond acceptors (Lipinski definition) is 4. The number of anilines is 2. The molecule has 0 aliphatic heterocycles. The predicted molar refractivity (Wildman–Crippen MR) is 132 cm³/mol. The summed E-state index contributed by atoms with van der Waals surface area (Å²) in [5, 5.41) is 0. The van der Waals surface area contributed by atoms with E-state index in [4.69, 9.17) is 9.15 Å². The maximum Gasteiger partial charge on any atom is 0.328 e. The minimum atomic E-state index is -0.529. The normalized spacial score (nSPS) is 12.7. The number of methoxy groups -OCH3 is 1. The zero-order chi connectivity index (χ0) is 23.1. The highest BCUT2D eigenvalue weighted by Gasteiger charge is 2.33. The van der Waals surface area contributed by atoms with Crippen LogP contribution < -0.4 is 4.90 Å². The largest absolute Gasteiger partial charge is 0.467 e. The van der Waals surface area contributed by atoms with Crippen molar-refractivity contribution in [3.8, 4) is 22.5 Å². The van der Waals surface area contributed by atoms with E-state index in [0.717, 1.165) is 40.2 Å². The molecular weight excluding hydrogens is 410 g/mol. The van der Waals surface area contributed by atoms with Crippen molar-refractivity contribution in [3.63, 3.8) is 0 Å². The highest BCUT2D eigenvalue weighted by molar-refractivity contribution is 5.96. The molecule has 0 radical (unpaired) electrons. The summed E-state index contributed by atoms with van der Waals surface area (Å²) in [6.45, 7) is 6.08. The van der Waals surface area contributed by atoms with E-state index in [1.54, 1.807) is 6.26 Å². The van der Waals surface area contributed by atoms with E-state index in [0.29, 0.717) is 0 Å². The fraction of sp³-hybridized carbons (Fsp3) is 0.207. The van der Waals surface area contributed by atoms with E-state index in [-0.39, 0.29) is 5.97 Å². The minimum absolute atomic E-state index is 0.281. The number of ether oxygens (including phenoxy) is 1. The Balaban J connectivity index is 1.85. The standard InChI is InChI=1S/C29H27NO3/c1-18-9-7-10-19(2)27(18)30(20(3)29(31)32-4)28-24(26-13-8-16-33-26)15-14-23-22-12-6-5-11-21(22)17-25(23)28/h5-16,20H,17H2,1-4H3. The Morgan fingerprint density at radius 1 is 0.879 bits per heavy atom. The summed E-state index contributed by atoms with van der Waals surface area (Å²) in [7, 11) is 1.44. The van der Waals surface area contributed by atoms with Gasteiger partial charge in [0, 0.05) is 17.7 Å². The number of esters is 1. The Morgan fingerprint density at radius 3 is 2.30 bits per heavy atom. The SMILES string of the molecule is COC(=O)C(C)N(c1c(C)cccc1C)c1c(-c2ccco2)ccc2c1Cc1ccccc1-2. The maximum absolute atomic E-state index is 13.0. The molecule has 1 atom stereocenters. The Bertz CT molecular complexity index is 1320. The lowest BCUT2D eigenvalue weighted by Gasteiger charge is -2.35. The quantitative estimate of drug-likeness (QED) is 0.283. The van der Waals surface area contributed by atoms with Crippen LogP contribution in [0.4, 0.5) is 11.4 Å². The molecule has 0 fully saturated rings. The van der Waals surface area contributed by atoms with Gasteiger partial charge in [-0.2, -0.15) is 0 Å². The van der Waals surface area contributed by atoms with E-state index in [1.165, 1.54) is 29.4 Å². The molecule has 0 amide bonds. The molecule has 0 spiro atoms. The first-order valence-electron chi connectivity index (χ1n) is 11.2. The molecule has 4 heteroatoms. The third kappa shape index (κ3) is 3.43. The molecule has 0 saturated carbocycles. The van der Waals surface area contributed by atoms with Crippen molar-refractivity contribution in [2.45, 2.75) is 33.2 Å². The Hall–Kier alpha value is -3.79. The van der Waals surface area contributed by atoms with Crippen molar-refractivity contribution < 1.29 is 13.9 Å². The molecule has 0 saturated heterocycles. The van der Waals surface area contributed by atoms with Crippen LogP contribution >= 0.6 is 0 Å². The van der Waals surface area contributed by atoms with Gasteiger partial charge in [0.2, 0.25) is 0 Å². The summed E-state index contributed by atoms with van der Waals surface area (Å²) in [6, 6.07) is 22.4. The van der Waals surface area contributed by atoms with E-state index in [1.807, 2.05) is 25.1 Å². The molecule has 5 rings (SSSR count). The van der Waals surface area contributed by atoms with Gasteiger partial charge < -0.3 is 14.1 Å². The van der Waals surface area contributed by atoms with Gasteiger partial charge in [0.25, 0.3) is 0 Å². The summed E-state index contributed by atoms with van der Waals surface area (Å²) in [6.07, 6.45) is 2.49. The lowest BCUT2D eigenvalue weighted by Crippen LogP contribution is -2.38. The fourth-order valence-corrected chi connectivity index (χ4v) is 5.06. The molecule has 0 N–H and O–H groups in total. The number of para-hydroxylation sites is 1. The molecule has 33 heavy (non-hydrogen) atoms. The van der Waals surface area contributed by atoms with Crippen LogP contribution in [0.15, 0.2) is 77.4 Å². The molecule has 3 aromatic carbocycles. The molecule has 1 aliphatic carbocycles. The zero-order valence-corrected chi connectivity index (χ0v) is 19.4. The molecule has 4 nitrogen and oxygen atoms in total. The van der Waals surface area contributed by atoms with Crippen LogP contribution in [0.2, 0.25) is 0 Å². The number of aryl methyl sites for hydroxylation is 2. The number of hydrogen-bond donors (Lipinski definition) is 0. The van der Waals surface area contributed by atoms with E-state index >= 15 is 0 Å². The van der Waals surface area contributed by atoms with Gasteiger partial charge in [-0.1, -0.05) is 48.5 Å². The summed E-state index contributed by atoms with van der Waals surface area (Å²) in [5.41, 5.74) is 10.1. The lowest BCUT2D eigenvalue weighted by molar-refractivity contribution is -0.141. The number of benzene rings is 3. The third-order valence-corrected chi connectivity index (χ3v) is 6.60. The Morgan fingerprint density at radius 2 is 1.61 bits per heavy atom. The number of carbonyl (C=O) groups excluding carboxylic acids is 1. The van der Waals surface area contributed by atoms with E-state index in [9.17, 15) is 4.79 Å². The van der Waals surface area contributed by atoms with Crippen LogP contribution in [-0.2, 0) is 16.0 Å². The molecule has 1 unspecified atom stereocenters. The van der Waals surface area contributed by atoms with Crippen molar-refractivity contribution in [1.29, 1.82) is 0 Å². The highest BCUT2D eigenvalue weighted by Crippen LogP contribution is 2.49. The smallest absolute Gasteiger partial charge is 0.328 e. The van der Waals surface area contributed by atoms with Crippen LogP contribution in [0.5, 0.6) is 0 Å². The average molecular weight is 438 g/mol. The van der Waals surface area contributed by atoms with Crippen LogP contribution in [0.1, 0.15) is 29.2 Å². The second-order valence-electron chi connectivity index (χ2n) is 8.61. The van der Waals surface area contributed by atoms with Gasteiger partial charge >= 0.3 is 5.97 Å². The number of fused-ring (bicyclic) bond motifs is 3. The molecule has 1 heterocycles. The van der Waals surface area contributed by atoms with Crippen molar-refractivity contribution in [2.24, 2.45) is 0 Å². The van der Waals surface area contributed by atoms with Crippen LogP contribution in [0, 0.1) is 13.8 Å². The van der Waals surface area contributed by atoms with Crippen molar-refractivity contribution in [2.75, 3.05) is 12.0 Å². The predicted octanol–water partition coefficient (Wildman–Crippen LogP) is 6.83. The summed E-state index contributed by atoms with van der Waals surface area (Å²) in [5.74, 6) is 0.494. The molecule has 4 aromatic rings. The molecular formula is C29H27NO3. The van der Waals surface area contributed by atoms with E-state index in [2.05, 4.69) is 67.3 Å². The van der Waals surface area contributed by atoms with Crippen LogP contribution in [-0.4, -0.2) is 19.1 Å². The first-order chi connectivity index (χ1) is 16.0. The first-order valence-corrected chi connectivity index (χ1v) is 11.2.